The summed E-state index contributed by atoms with van der Waals surface area (Å²) in [6, 6.07) is 8.62. The minimum Gasteiger partial charge on any atom is -0.491 e. The molecule has 3 rings (SSSR count). The lowest BCUT2D eigenvalue weighted by atomic mass is 10.1. The van der Waals surface area contributed by atoms with Crippen LogP contribution in [0, 0.1) is 0 Å². The van der Waals surface area contributed by atoms with Gasteiger partial charge in [-0.3, -0.25) is 9.69 Å². The Kier molecular flexibility index (Phi) is 4.67. The maximum absolute atomic E-state index is 12.4. The first-order valence-electron chi connectivity index (χ1n) is 8.42. The molecule has 0 spiro atoms. The molecule has 1 atom stereocenters. The number of hydrogen-bond acceptors (Lipinski definition) is 3. The molecule has 0 bridgehead atoms. The van der Waals surface area contributed by atoms with E-state index in [-0.39, 0.29) is 18.1 Å². The highest BCUT2D eigenvalue weighted by Crippen LogP contribution is 2.27. The van der Waals surface area contributed by atoms with Crippen LogP contribution in [0.5, 0.6) is 5.75 Å². The van der Waals surface area contributed by atoms with E-state index < -0.39 is 0 Å². The summed E-state index contributed by atoms with van der Waals surface area (Å²) in [5.74, 6) is 1.15. The van der Waals surface area contributed by atoms with Gasteiger partial charge in [0.15, 0.2) is 0 Å². The van der Waals surface area contributed by atoms with Crippen LogP contribution in [0.1, 0.15) is 45.1 Å². The van der Waals surface area contributed by atoms with E-state index in [0.29, 0.717) is 6.04 Å². The van der Waals surface area contributed by atoms with Gasteiger partial charge < -0.3 is 10.1 Å². The van der Waals surface area contributed by atoms with Gasteiger partial charge in [-0.25, -0.2) is 0 Å². The monoisotopic (exact) mass is 302 g/mol. The molecule has 120 valence electrons. The molecular weight excluding hydrogens is 276 g/mol. The van der Waals surface area contributed by atoms with E-state index >= 15 is 0 Å². The molecule has 1 N–H and O–H groups in total. The average Bonchev–Trinajstić information content (AvgIpc) is 3.16. The Labute approximate surface area is 132 Å². The Bertz CT molecular complexity index is 526. The molecule has 1 unspecified atom stereocenters. The molecule has 4 nitrogen and oxygen atoms in total. The average molecular weight is 302 g/mol. The molecule has 1 amide bonds. The number of carbonyl (C=O) groups excluding carboxylic acids is 1. The Morgan fingerprint density at radius 3 is 2.82 bits per heavy atom. The highest BCUT2D eigenvalue weighted by atomic mass is 16.5. The van der Waals surface area contributed by atoms with Crippen molar-refractivity contribution in [1.29, 1.82) is 0 Å². The first-order chi connectivity index (χ1) is 10.6. The second-order valence-electron chi connectivity index (χ2n) is 6.69. The van der Waals surface area contributed by atoms with Crippen molar-refractivity contribution in [3.05, 3.63) is 29.8 Å². The molecule has 2 fully saturated rings. The molecule has 1 saturated heterocycles. The second-order valence-corrected chi connectivity index (χ2v) is 6.69. The van der Waals surface area contributed by atoms with Gasteiger partial charge in [-0.1, -0.05) is 18.2 Å². The van der Waals surface area contributed by atoms with Crippen molar-refractivity contribution in [2.75, 3.05) is 6.54 Å². The highest BCUT2D eigenvalue weighted by Gasteiger charge is 2.34. The van der Waals surface area contributed by atoms with Crippen LogP contribution < -0.4 is 10.1 Å². The normalized spacial score (nSPS) is 22.0. The van der Waals surface area contributed by atoms with Crippen LogP contribution in [-0.4, -0.2) is 35.5 Å². The number of hydrogen-bond donors (Lipinski definition) is 1. The zero-order valence-electron chi connectivity index (χ0n) is 13.5. The third kappa shape index (κ3) is 3.80. The van der Waals surface area contributed by atoms with Crippen molar-refractivity contribution in [3.63, 3.8) is 0 Å². The Morgan fingerprint density at radius 2 is 2.09 bits per heavy atom. The van der Waals surface area contributed by atoms with Crippen LogP contribution in [0.15, 0.2) is 24.3 Å². The lowest BCUT2D eigenvalue weighted by Gasteiger charge is -2.25. The van der Waals surface area contributed by atoms with Gasteiger partial charge in [0.05, 0.1) is 12.1 Å². The third-order valence-electron chi connectivity index (χ3n) is 4.30. The number of carbonyl (C=O) groups is 1. The maximum atomic E-state index is 12.4. The van der Waals surface area contributed by atoms with Crippen LogP contribution >= 0.6 is 0 Å². The molecule has 2 aliphatic rings. The zero-order chi connectivity index (χ0) is 15.5. The van der Waals surface area contributed by atoms with Crippen molar-refractivity contribution >= 4 is 5.91 Å². The Hall–Kier alpha value is -1.55. The van der Waals surface area contributed by atoms with Crippen LogP contribution in [0.25, 0.3) is 0 Å². The van der Waals surface area contributed by atoms with Crippen LogP contribution in [-0.2, 0) is 11.3 Å². The summed E-state index contributed by atoms with van der Waals surface area (Å²) in [7, 11) is 0. The molecule has 1 heterocycles. The van der Waals surface area contributed by atoms with Crippen molar-refractivity contribution in [3.8, 4) is 5.75 Å². The first kappa shape index (κ1) is 15.3. The number of amides is 1. The summed E-state index contributed by atoms with van der Waals surface area (Å²) >= 11 is 0. The van der Waals surface area contributed by atoms with Crippen molar-refractivity contribution < 1.29 is 9.53 Å². The second kappa shape index (κ2) is 6.69. The van der Waals surface area contributed by atoms with Gasteiger partial charge in [0.2, 0.25) is 5.91 Å². The number of para-hydroxylation sites is 1. The lowest BCUT2D eigenvalue weighted by molar-refractivity contribution is -0.125. The number of nitrogens with one attached hydrogen (secondary N) is 1. The molecule has 22 heavy (non-hydrogen) atoms. The van der Waals surface area contributed by atoms with Crippen LogP contribution in [0.4, 0.5) is 0 Å². The van der Waals surface area contributed by atoms with Gasteiger partial charge in [-0.2, -0.15) is 0 Å². The Morgan fingerprint density at radius 1 is 1.32 bits per heavy atom. The number of rotatable bonds is 6. The molecule has 1 saturated carbocycles. The van der Waals surface area contributed by atoms with E-state index in [1.54, 1.807) is 0 Å². The quantitative estimate of drug-likeness (QED) is 0.878. The van der Waals surface area contributed by atoms with Crippen LogP contribution in [0.3, 0.4) is 0 Å². The topological polar surface area (TPSA) is 41.6 Å². The molecule has 0 radical (unpaired) electrons. The molecule has 1 aromatic rings. The lowest BCUT2D eigenvalue weighted by Crippen LogP contribution is -2.43. The fourth-order valence-electron chi connectivity index (χ4n) is 3.06. The zero-order valence-corrected chi connectivity index (χ0v) is 13.5. The number of nitrogens with zero attached hydrogens (tertiary/aromatic N) is 1. The third-order valence-corrected chi connectivity index (χ3v) is 4.30. The van der Waals surface area contributed by atoms with Crippen molar-refractivity contribution in [2.45, 2.75) is 64.3 Å². The van der Waals surface area contributed by atoms with Gasteiger partial charge >= 0.3 is 0 Å². The molecule has 0 aromatic heterocycles. The van der Waals surface area contributed by atoms with E-state index in [0.717, 1.165) is 44.5 Å². The minimum absolute atomic E-state index is 0.0210. The fraction of sp³-hybridized carbons (Fsp3) is 0.611. The van der Waals surface area contributed by atoms with Gasteiger partial charge in [0.25, 0.3) is 0 Å². The predicted molar refractivity (Wildman–Crippen MR) is 86.8 cm³/mol. The molecule has 1 aromatic carbocycles. The molecule has 1 aliphatic carbocycles. The summed E-state index contributed by atoms with van der Waals surface area (Å²) in [4.78, 5) is 14.7. The number of benzene rings is 1. The number of ether oxygens (including phenoxy) is 1. The van der Waals surface area contributed by atoms with E-state index in [1.807, 2.05) is 32.0 Å². The summed E-state index contributed by atoms with van der Waals surface area (Å²) in [6.07, 6.45) is 4.50. The molecule has 4 heteroatoms. The van der Waals surface area contributed by atoms with Crippen molar-refractivity contribution in [2.24, 2.45) is 0 Å². The van der Waals surface area contributed by atoms with Crippen molar-refractivity contribution in [1.82, 2.24) is 10.2 Å². The summed E-state index contributed by atoms with van der Waals surface area (Å²) < 4.78 is 5.90. The smallest absolute Gasteiger partial charge is 0.237 e. The summed E-state index contributed by atoms with van der Waals surface area (Å²) in [5.41, 5.74) is 1.17. The van der Waals surface area contributed by atoms with Crippen LogP contribution in [0.2, 0.25) is 0 Å². The first-order valence-corrected chi connectivity index (χ1v) is 8.42. The fourth-order valence-corrected chi connectivity index (χ4v) is 3.06. The van der Waals surface area contributed by atoms with E-state index in [1.165, 1.54) is 5.56 Å². The molecular formula is C18H26N2O2. The maximum Gasteiger partial charge on any atom is 0.237 e. The van der Waals surface area contributed by atoms with Gasteiger partial charge in [-0.15, -0.1) is 0 Å². The predicted octanol–water partition coefficient (Wildman–Crippen LogP) is 2.72. The number of likely N-dealkylation sites (tertiary alicyclic amines) is 1. The highest BCUT2D eigenvalue weighted by molar-refractivity contribution is 5.82. The standard InChI is InChI=1S/C18H26N2O2/c1-13(2)22-17-8-4-3-6-14(17)12-20-11-5-7-16(20)18(21)19-15-9-10-15/h3-4,6,8,13,15-16H,5,7,9-12H2,1-2H3,(H,19,21). The largest absolute Gasteiger partial charge is 0.491 e. The summed E-state index contributed by atoms with van der Waals surface area (Å²) in [5, 5.41) is 3.15. The molecule has 1 aliphatic heterocycles. The Balaban J connectivity index is 1.67. The van der Waals surface area contributed by atoms with E-state index in [9.17, 15) is 4.79 Å². The van der Waals surface area contributed by atoms with E-state index in [2.05, 4.69) is 16.3 Å². The van der Waals surface area contributed by atoms with Gasteiger partial charge in [0, 0.05) is 18.2 Å². The minimum atomic E-state index is 0.0210. The van der Waals surface area contributed by atoms with E-state index in [4.69, 9.17) is 4.74 Å². The van der Waals surface area contributed by atoms with Gasteiger partial charge in [-0.05, 0) is 52.1 Å². The SMILES string of the molecule is CC(C)Oc1ccccc1CN1CCCC1C(=O)NC1CC1. The van der Waals surface area contributed by atoms with Gasteiger partial charge in [0.1, 0.15) is 5.75 Å². The summed E-state index contributed by atoms with van der Waals surface area (Å²) in [6.45, 7) is 5.85.